The number of pyridine rings is 1. The van der Waals surface area contributed by atoms with E-state index in [4.69, 9.17) is 0 Å². The minimum atomic E-state index is -0.415. The molecule has 2 saturated heterocycles. The van der Waals surface area contributed by atoms with Gasteiger partial charge in [-0.25, -0.2) is 0 Å². The topological polar surface area (TPSA) is 48.5 Å². The van der Waals surface area contributed by atoms with Crippen molar-refractivity contribution in [3.05, 3.63) is 84.7 Å². The molecule has 0 unspecified atom stereocenters. The third kappa shape index (κ3) is 3.46. The quantitative estimate of drug-likeness (QED) is 0.728. The summed E-state index contributed by atoms with van der Waals surface area (Å²) < 4.78 is 0. The smallest absolute Gasteiger partial charge is 0.247 e. The van der Waals surface area contributed by atoms with Gasteiger partial charge in [0.2, 0.25) is 5.91 Å². The van der Waals surface area contributed by atoms with Gasteiger partial charge in [0, 0.05) is 37.7 Å². The number of benzene rings is 2. The van der Waals surface area contributed by atoms with E-state index >= 15 is 0 Å². The van der Waals surface area contributed by atoms with E-state index in [2.05, 4.69) is 62.6 Å². The van der Waals surface area contributed by atoms with Crippen molar-refractivity contribution in [1.82, 2.24) is 15.2 Å². The van der Waals surface area contributed by atoms with E-state index in [1.54, 1.807) is 6.20 Å². The van der Waals surface area contributed by atoms with Crippen molar-refractivity contribution in [3.63, 3.8) is 0 Å². The summed E-state index contributed by atoms with van der Waals surface area (Å²) in [6.07, 6.45) is 5.39. The first-order valence-corrected chi connectivity index (χ1v) is 10.6. The number of likely N-dealkylation sites (tertiary alicyclic amines) is 1. The third-order valence-electron chi connectivity index (χ3n) is 6.44. The second-order valence-electron chi connectivity index (χ2n) is 8.17. The van der Waals surface area contributed by atoms with E-state index in [1.165, 1.54) is 11.1 Å². The van der Waals surface area contributed by atoms with Gasteiger partial charge in [-0.2, -0.15) is 0 Å². The van der Waals surface area contributed by atoms with Gasteiger partial charge in [0.1, 0.15) is 5.54 Å². The third-order valence-corrected chi connectivity index (χ3v) is 6.44. The van der Waals surface area contributed by atoms with Crippen LogP contribution >= 0.6 is 0 Å². The van der Waals surface area contributed by atoms with Crippen LogP contribution in [0.25, 0.3) is 11.1 Å². The van der Waals surface area contributed by atoms with Gasteiger partial charge in [-0.15, -0.1) is 0 Å². The van der Waals surface area contributed by atoms with Crippen molar-refractivity contribution in [2.24, 2.45) is 0 Å². The molecule has 2 aromatic carbocycles. The Labute approximate surface area is 177 Å². The van der Waals surface area contributed by atoms with Gasteiger partial charge in [-0.05, 0) is 47.7 Å². The zero-order valence-electron chi connectivity index (χ0n) is 17.0. The number of carbonyl (C=O) groups excluding carboxylic acids is 1. The summed E-state index contributed by atoms with van der Waals surface area (Å²) in [5.41, 5.74) is 4.33. The van der Waals surface area contributed by atoms with Crippen LogP contribution in [0.4, 0.5) is 5.69 Å². The van der Waals surface area contributed by atoms with Crippen molar-refractivity contribution in [3.8, 4) is 11.1 Å². The fourth-order valence-electron chi connectivity index (χ4n) is 4.71. The normalized spacial score (nSPS) is 18.5. The summed E-state index contributed by atoms with van der Waals surface area (Å²) in [6, 6.07) is 23.1. The van der Waals surface area contributed by atoms with Crippen LogP contribution in [0.1, 0.15) is 18.4 Å². The van der Waals surface area contributed by atoms with Crippen LogP contribution in [-0.2, 0) is 11.3 Å². The van der Waals surface area contributed by atoms with E-state index in [0.717, 1.165) is 43.7 Å². The zero-order chi connectivity index (χ0) is 20.4. The van der Waals surface area contributed by atoms with E-state index in [1.807, 2.05) is 30.5 Å². The van der Waals surface area contributed by atoms with Gasteiger partial charge in [-0.3, -0.25) is 14.7 Å². The minimum Gasteiger partial charge on any atom is -0.339 e. The van der Waals surface area contributed by atoms with Crippen LogP contribution in [0, 0.1) is 0 Å². The summed E-state index contributed by atoms with van der Waals surface area (Å²) in [5, 5.41) is 3.08. The van der Waals surface area contributed by atoms with Crippen molar-refractivity contribution >= 4 is 11.6 Å². The Balaban J connectivity index is 1.25. The van der Waals surface area contributed by atoms with Crippen LogP contribution < -0.4 is 10.2 Å². The molecule has 5 heteroatoms. The van der Waals surface area contributed by atoms with Crippen molar-refractivity contribution in [2.75, 3.05) is 24.7 Å². The molecule has 0 atom stereocenters. The number of aromatic nitrogens is 1. The molecule has 3 heterocycles. The molecule has 2 fully saturated rings. The number of hydrogen-bond donors (Lipinski definition) is 1. The van der Waals surface area contributed by atoms with Gasteiger partial charge in [0.25, 0.3) is 0 Å². The number of rotatable bonds is 4. The highest BCUT2D eigenvalue weighted by Crippen LogP contribution is 2.36. The maximum absolute atomic E-state index is 12.8. The lowest BCUT2D eigenvalue weighted by atomic mass is 9.85. The molecule has 2 aliphatic rings. The molecular formula is C25H26N4O. The lowest BCUT2D eigenvalue weighted by Crippen LogP contribution is -2.56. The molecule has 1 aromatic heterocycles. The fourth-order valence-corrected chi connectivity index (χ4v) is 4.71. The Hall–Kier alpha value is -3.18. The molecule has 5 rings (SSSR count). The maximum Gasteiger partial charge on any atom is 0.247 e. The fraction of sp³-hybridized carbons (Fsp3) is 0.280. The average Bonchev–Trinajstić information content (AvgIpc) is 3.12. The van der Waals surface area contributed by atoms with Crippen LogP contribution in [0.3, 0.4) is 0 Å². The SMILES string of the molecule is O=C1NCN(c2ccccc2)C12CCN(Cc1ccc(-c3cccnc3)cc1)CC2. The number of amides is 1. The monoisotopic (exact) mass is 398 g/mol. The Kier molecular flexibility index (Phi) is 4.97. The molecule has 30 heavy (non-hydrogen) atoms. The molecule has 0 bridgehead atoms. The first-order chi connectivity index (χ1) is 14.7. The molecule has 2 aliphatic heterocycles. The second kappa shape index (κ2) is 7.92. The van der Waals surface area contributed by atoms with E-state index in [-0.39, 0.29) is 5.91 Å². The number of para-hydroxylation sites is 1. The zero-order valence-corrected chi connectivity index (χ0v) is 17.0. The lowest BCUT2D eigenvalue weighted by Gasteiger charge is -2.43. The standard InChI is InChI=1S/C25H26N4O/c30-24-25(29(19-27-24)23-6-2-1-3-7-23)12-15-28(16-13-25)18-20-8-10-21(11-9-20)22-5-4-14-26-17-22/h1-11,14,17H,12-13,15-16,18-19H2,(H,27,30). The molecule has 1 N–H and O–H groups in total. The highest BCUT2D eigenvalue weighted by atomic mass is 16.2. The largest absolute Gasteiger partial charge is 0.339 e. The summed E-state index contributed by atoms with van der Waals surface area (Å²) in [6.45, 7) is 3.34. The van der Waals surface area contributed by atoms with Crippen LogP contribution in [0.15, 0.2) is 79.1 Å². The first-order valence-electron chi connectivity index (χ1n) is 10.6. The van der Waals surface area contributed by atoms with E-state index in [0.29, 0.717) is 6.67 Å². The Bertz CT molecular complexity index is 996. The Morgan fingerprint density at radius 1 is 0.900 bits per heavy atom. The predicted octanol–water partition coefficient (Wildman–Crippen LogP) is 3.68. The second-order valence-corrected chi connectivity index (χ2v) is 8.17. The van der Waals surface area contributed by atoms with Gasteiger partial charge >= 0.3 is 0 Å². The van der Waals surface area contributed by atoms with Gasteiger partial charge in [-0.1, -0.05) is 48.5 Å². The molecule has 1 spiro atoms. The summed E-state index contributed by atoms with van der Waals surface area (Å²) in [4.78, 5) is 21.7. The molecule has 0 aliphatic carbocycles. The highest BCUT2D eigenvalue weighted by Gasteiger charge is 2.50. The number of nitrogens with zero attached hydrogens (tertiary/aromatic N) is 3. The molecule has 152 valence electrons. The minimum absolute atomic E-state index is 0.173. The number of anilines is 1. The van der Waals surface area contributed by atoms with Gasteiger partial charge in [0.05, 0.1) is 6.67 Å². The molecule has 1 amide bonds. The van der Waals surface area contributed by atoms with Crippen molar-refractivity contribution in [1.29, 1.82) is 0 Å². The van der Waals surface area contributed by atoms with Gasteiger partial charge in [0.15, 0.2) is 0 Å². The number of carbonyl (C=O) groups is 1. The predicted molar refractivity (Wildman–Crippen MR) is 119 cm³/mol. The van der Waals surface area contributed by atoms with Crippen LogP contribution in [0.5, 0.6) is 0 Å². The number of hydrogen-bond acceptors (Lipinski definition) is 4. The Morgan fingerprint density at radius 3 is 2.37 bits per heavy atom. The van der Waals surface area contributed by atoms with Crippen LogP contribution in [0.2, 0.25) is 0 Å². The number of nitrogens with one attached hydrogen (secondary N) is 1. The van der Waals surface area contributed by atoms with Crippen molar-refractivity contribution in [2.45, 2.75) is 24.9 Å². The Morgan fingerprint density at radius 2 is 1.67 bits per heavy atom. The molecule has 0 saturated carbocycles. The maximum atomic E-state index is 12.8. The van der Waals surface area contributed by atoms with Crippen molar-refractivity contribution < 1.29 is 4.79 Å². The average molecular weight is 399 g/mol. The summed E-state index contributed by atoms with van der Waals surface area (Å²) in [7, 11) is 0. The molecule has 5 nitrogen and oxygen atoms in total. The van der Waals surface area contributed by atoms with E-state index < -0.39 is 5.54 Å². The van der Waals surface area contributed by atoms with Crippen LogP contribution in [-0.4, -0.2) is 41.1 Å². The highest BCUT2D eigenvalue weighted by molar-refractivity contribution is 5.93. The number of piperidine rings is 1. The summed E-state index contributed by atoms with van der Waals surface area (Å²) >= 11 is 0. The molecule has 3 aromatic rings. The lowest BCUT2D eigenvalue weighted by molar-refractivity contribution is -0.125. The first kappa shape index (κ1) is 18.8. The molecule has 0 radical (unpaired) electrons. The van der Waals surface area contributed by atoms with E-state index in [9.17, 15) is 4.79 Å². The summed E-state index contributed by atoms with van der Waals surface area (Å²) in [5.74, 6) is 0.173. The van der Waals surface area contributed by atoms with Gasteiger partial charge < -0.3 is 10.2 Å². The molecular weight excluding hydrogens is 372 g/mol.